The number of methoxy groups -OCH3 is 1. The van der Waals surface area contributed by atoms with Crippen LogP contribution in [0.25, 0.3) is 0 Å². The molecule has 1 heterocycles. The lowest BCUT2D eigenvalue weighted by Gasteiger charge is -2.37. The summed E-state index contributed by atoms with van der Waals surface area (Å²) in [6, 6.07) is 10.2. The number of benzene rings is 1. The second kappa shape index (κ2) is 5.53. The fourth-order valence-electron chi connectivity index (χ4n) is 2.23. The molecule has 1 aliphatic heterocycles. The van der Waals surface area contributed by atoms with Gasteiger partial charge in [0.15, 0.2) is 0 Å². The summed E-state index contributed by atoms with van der Waals surface area (Å²) in [6.07, 6.45) is 2.00. The van der Waals surface area contributed by atoms with Crippen molar-refractivity contribution in [3.8, 4) is 11.8 Å². The van der Waals surface area contributed by atoms with Crippen LogP contribution in [0.1, 0.15) is 19.8 Å². The van der Waals surface area contributed by atoms with Crippen LogP contribution in [-0.4, -0.2) is 23.7 Å². The van der Waals surface area contributed by atoms with Gasteiger partial charge in [0, 0.05) is 10.9 Å². The third kappa shape index (κ3) is 2.56. The van der Waals surface area contributed by atoms with Gasteiger partial charge < -0.3 is 10.1 Å². The molecule has 0 amide bonds. The molecule has 2 unspecified atom stereocenters. The molecule has 1 aliphatic rings. The Hall–Kier alpha value is -1.34. The molecule has 1 aromatic carbocycles. The molecule has 18 heavy (non-hydrogen) atoms. The third-order valence-corrected chi connectivity index (χ3v) is 4.86. The normalized spacial score (nSPS) is 27.3. The maximum Gasteiger partial charge on any atom is 0.137 e. The molecule has 0 spiro atoms. The Morgan fingerprint density at radius 1 is 1.44 bits per heavy atom. The summed E-state index contributed by atoms with van der Waals surface area (Å²) in [4.78, 5) is 0. The van der Waals surface area contributed by atoms with Crippen LogP contribution in [0.3, 0.4) is 0 Å². The molecule has 0 bridgehead atoms. The van der Waals surface area contributed by atoms with Crippen LogP contribution in [-0.2, 0) is 0 Å². The van der Waals surface area contributed by atoms with Gasteiger partial charge in [-0.2, -0.15) is 17.0 Å². The molecule has 1 aromatic rings. The number of hydrogen-bond acceptors (Lipinski definition) is 4. The monoisotopic (exact) mass is 262 g/mol. The van der Waals surface area contributed by atoms with Crippen LogP contribution < -0.4 is 10.1 Å². The fraction of sp³-hybridized carbons (Fsp3) is 0.500. The van der Waals surface area contributed by atoms with E-state index < -0.39 is 5.54 Å². The van der Waals surface area contributed by atoms with Gasteiger partial charge in [-0.05, 0) is 49.8 Å². The van der Waals surface area contributed by atoms with Crippen molar-refractivity contribution in [2.45, 2.75) is 30.6 Å². The first-order chi connectivity index (χ1) is 8.70. The van der Waals surface area contributed by atoms with Crippen LogP contribution in [0.5, 0.6) is 5.75 Å². The van der Waals surface area contributed by atoms with Crippen LogP contribution in [0, 0.1) is 11.3 Å². The van der Waals surface area contributed by atoms with E-state index in [2.05, 4.69) is 18.3 Å². The summed E-state index contributed by atoms with van der Waals surface area (Å²) in [5, 5.41) is 13.2. The van der Waals surface area contributed by atoms with Crippen molar-refractivity contribution in [2.75, 3.05) is 18.2 Å². The number of nitriles is 1. The minimum absolute atomic E-state index is 0.304. The number of ether oxygens (including phenoxy) is 1. The van der Waals surface area contributed by atoms with E-state index in [1.165, 1.54) is 0 Å². The summed E-state index contributed by atoms with van der Waals surface area (Å²) in [5.74, 6) is 1.98. The number of thioether (sulfide) groups is 1. The number of anilines is 1. The number of rotatable bonds is 3. The molecular formula is C14H18N2OS. The Balaban J connectivity index is 2.16. The number of hydrogen-bond donors (Lipinski definition) is 1. The minimum atomic E-state index is -0.447. The largest absolute Gasteiger partial charge is 0.497 e. The molecule has 96 valence electrons. The summed E-state index contributed by atoms with van der Waals surface area (Å²) in [7, 11) is 1.65. The van der Waals surface area contributed by atoms with Crippen molar-refractivity contribution in [3.63, 3.8) is 0 Å². The highest BCUT2D eigenvalue weighted by molar-refractivity contribution is 8.00. The van der Waals surface area contributed by atoms with E-state index in [9.17, 15) is 5.26 Å². The smallest absolute Gasteiger partial charge is 0.137 e. The van der Waals surface area contributed by atoms with E-state index in [1.807, 2.05) is 36.0 Å². The van der Waals surface area contributed by atoms with Gasteiger partial charge in [-0.3, -0.25) is 0 Å². The summed E-state index contributed by atoms with van der Waals surface area (Å²) >= 11 is 1.87. The Kier molecular flexibility index (Phi) is 4.03. The van der Waals surface area contributed by atoms with Crippen LogP contribution >= 0.6 is 11.8 Å². The van der Waals surface area contributed by atoms with Crippen molar-refractivity contribution in [2.24, 2.45) is 0 Å². The molecule has 2 rings (SSSR count). The van der Waals surface area contributed by atoms with Crippen molar-refractivity contribution >= 4 is 17.4 Å². The first-order valence-corrected chi connectivity index (χ1v) is 7.20. The van der Waals surface area contributed by atoms with E-state index in [0.29, 0.717) is 5.25 Å². The molecule has 0 saturated carbocycles. The van der Waals surface area contributed by atoms with Gasteiger partial charge in [-0.15, -0.1) is 0 Å². The third-order valence-electron chi connectivity index (χ3n) is 3.43. The van der Waals surface area contributed by atoms with Crippen molar-refractivity contribution in [3.05, 3.63) is 24.3 Å². The topological polar surface area (TPSA) is 45.0 Å². The first-order valence-electron chi connectivity index (χ1n) is 6.15. The average molecular weight is 262 g/mol. The average Bonchev–Trinajstić information content (AvgIpc) is 2.42. The van der Waals surface area contributed by atoms with Gasteiger partial charge in [-0.1, -0.05) is 0 Å². The standard InChI is InChI=1S/C14H18N2OS/c1-11-14(10-15,8-3-9-18-11)16-12-4-6-13(17-2)7-5-12/h4-7,11,16H,3,8-9H2,1-2H3. The highest BCUT2D eigenvalue weighted by Crippen LogP contribution is 2.36. The quantitative estimate of drug-likeness (QED) is 0.908. The fourth-order valence-corrected chi connectivity index (χ4v) is 3.41. The van der Waals surface area contributed by atoms with Crippen LogP contribution in [0.2, 0.25) is 0 Å². The maximum atomic E-state index is 9.52. The maximum absolute atomic E-state index is 9.52. The lowest BCUT2D eigenvalue weighted by atomic mass is 9.91. The van der Waals surface area contributed by atoms with E-state index >= 15 is 0 Å². The summed E-state index contributed by atoms with van der Waals surface area (Å²) in [5.41, 5.74) is 0.532. The van der Waals surface area contributed by atoms with Crippen molar-refractivity contribution in [1.29, 1.82) is 5.26 Å². The highest BCUT2D eigenvalue weighted by atomic mass is 32.2. The Morgan fingerprint density at radius 2 is 2.17 bits per heavy atom. The molecule has 1 fully saturated rings. The summed E-state index contributed by atoms with van der Waals surface area (Å²) in [6.45, 7) is 2.13. The Bertz CT molecular complexity index is 440. The van der Waals surface area contributed by atoms with Gasteiger partial charge in [0.2, 0.25) is 0 Å². The lowest BCUT2D eigenvalue weighted by Crippen LogP contribution is -2.47. The minimum Gasteiger partial charge on any atom is -0.497 e. The van der Waals surface area contributed by atoms with E-state index in [0.717, 1.165) is 30.0 Å². The zero-order chi connectivity index (χ0) is 13.0. The molecule has 2 atom stereocenters. The predicted molar refractivity (Wildman–Crippen MR) is 76.1 cm³/mol. The van der Waals surface area contributed by atoms with Gasteiger partial charge in [0.25, 0.3) is 0 Å². The molecule has 0 aliphatic carbocycles. The molecule has 4 heteroatoms. The second-order valence-corrected chi connectivity index (χ2v) is 6.00. The second-order valence-electron chi connectivity index (χ2n) is 4.55. The molecule has 1 N–H and O–H groups in total. The first kappa shape index (κ1) is 13.1. The van der Waals surface area contributed by atoms with Crippen molar-refractivity contribution < 1.29 is 4.74 Å². The predicted octanol–water partition coefficient (Wildman–Crippen LogP) is 3.28. The highest BCUT2D eigenvalue weighted by Gasteiger charge is 2.39. The van der Waals surface area contributed by atoms with Gasteiger partial charge in [0.05, 0.1) is 13.2 Å². The SMILES string of the molecule is COc1ccc(NC2(C#N)CCCSC2C)cc1. The Labute approximate surface area is 113 Å². The zero-order valence-corrected chi connectivity index (χ0v) is 11.6. The van der Waals surface area contributed by atoms with E-state index in [-0.39, 0.29) is 0 Å². The lowest BCUT2D eigenvalue weighted by molar-refractivity contribution is 0.415. The molecule has 0 radical (unpaired) electrons. The van der Waals surface area contributed by atoms with Gasteiger partial charge in [-0.25, -0.2) is 0 Å². The van der Waals surface area contributed by atoms with E-state index in [1.54, 1.807) is 7.11 Å². The number of nitrogens with zero attached hydrogens (tertiary/aromatic N) is 1. The Morgan fingerprint density at radius 3 is 2.72 bits per heavy atom. The molecule has 0 aromatic heterocycles. The number of nitrogens with one attached hydrogen (secondary N) is 1. The molecule has 1 saturated heterocycles. The van der Waals surface area contributed by atoms with Gasteiger partial charge >= 0.3 is 0 Å². The summed E-state index contributed by atoms with van der Waals surface area (Å²) < 4.78 is 5.13. The van der Waals surface area contributed by atoms with Crippen LogP contribution in [0.15, 0.2) is 24.3 Å². The zero-order valence-electron chi connectivity index (χ0n) is 10.8. The van der Waals surface area contributed by atoms with Gasteiger partial charge in [0.1, 0.15) is 11.3 Å². The molecular weight excluding hydrogens is 244 g/mol. The van der Waals surface area contributed by atoms with E-state index in [4.69, 9.17) is 4.74 Å². The molecule has 3 nitrogen and oxygen atoms in total. The van der Waals surface area contributed by atoms with Crippen LogP contribution in [0.4, 0.5) is 5.69 Å². The van der Waals surface area contributed by atoms with Crippen molar-refractivity contribution in [1.82, 2.24) is 0 Å².